The van der Waals surface area contributed by atoms with Crippen LogP contribution in [0.5, 0.6) is 0 Å². The quantitative estimate of drug-likeness (QED) is 0.172. The first-order valence-corrected chi connectivity index (χ1v) is 26.5. The van der Waals surface area contributed by atoms with E-state index in [9.17, 15) is 0 Å². The van der Waals surface area contributed by atoms with E-state index in [1.165, 1.54) is 75.8 Å². The van der Waals surface area contributed by atoms with E-state index in [0.717, 1.165) is 71.7 Å². The van der Waals surface area contributed by atoms with Crippen molar-refractivity contribution < 1.29 is 8.83 Å². The maximum atomic E-state index is 6.71. The fourth-order valence-corrected chi connectivity index (χ4v) is 14.2. The van der Waals surface area contributed by atoms with E-state index in [1.54, 1.807) is 11.3 Å². The summed E-state index contributed by atoms with van der Waals surface area (Å²) in [4.78, 5) is 16.1. The predicted molar refractivity (Wildman–Crippen MR) is 311 cm³/mol. The molecule has 2 aliphatic carbocycles. The molecule has 0 saturated heterocycles. The number of hydrogen-bond acceptors (Lipinski definition) is 6. The summed E-state index contributed by atoms with van der Waals surface area (Å²) in [6.45, 7) is 0. The van der Waals surface area contributed by atoms with Gasteiger partial charge in [-0.2, -0.15) is 0 Å². The monoisotopic (exact) mass is 985 g/mol. The smallest absolute Gasteiger partial charge is 0.164 e. The highest BCUT2D eigenvalue weighted by Crippen LogP contribution is 2.64. The average Bonchev–Trinajstić information content (AvgIpc) is 4.44. The van der Waals surface area contributed by atoms with Gasteiger partial charge in [0.25, 0.3) is 0 Å². The van der Waals surface area contributed by atoms with Crippen LogP contribution in [0.15, 0.2) is 245 Å². The molecule has 0 aliphatic heterocycles. The van der Waals surface area contributed by atoms with E-state index >= 15 is 0 Å². The van der Waals surface area contributed by atoms with Gasteiger partial charge in [0.15, 0.2) is 17.5 Å². The lowest BCUT2D eigenvalue weighted by atomic mass is 9.68. The van der Waals surface area contributed by atoms with Crippen molar-refractivity contribution in [1.29, 1.82) is 0 Å². The summed E-state index contributed by atoms with van der Waals surface area (Å²) in [6.07, 6.45) is 0. The Morgan fingerprint density at radius 1 is 0.289 bits per heavy atom. The van der Waals surface area contributed by atoms with Gasteiger partial charge in [-0.15, -0.1) is 11.3 Å². The van der Waals surface area contributed by atoms with Gasteiger partial charge < -0.3 is 8.83 Å². The van der Waals surface area contributed by atoms with E-state index in [2.05, 4.69) is 194 Å². The molecule has 11 aromatic carbocycles. The van der Waals surface area contributed by atoms with Crippen molar-refractivity contribution in [2.45, 2.75) is 5.41 Å². The molecule has 6 heteroatoms. The Kier molecular flexibility index (Phi) is 8.58. The molecule has 0 amide bonds. The number of rotatable bonds is 5. The molecular weight excluding hydrogens is 947 g/mol. The molecule has 0 unspecified atom stereocenters. The van der Waals surface area contributed by atoms with Gasteiger partial charge in [0.1, 0.15) is 22.3 Å². The van der Waals surface area contributed by atoms with Gasteiger partial charge in [-0.1, -0.05) is 188 Å². The van der Waals surface area contributed by atoms with Crippen LogP contribution in [0.4, 0.5) is 0 Å². The Labute approximate surface area is 439 Å². The summed E-state index contributed by atoms with van der Waals surface area (Å²) in [5, 5.41) is 6.39. The van der Waals surface area contributed by atoms with Crippen LogP contribution in [0.1, 0.15) is 22.3 Å². The SMILES string of the molecule is c1cc(-c2ccc3oc4cccc(-c5nc(-c6ccc7c(c6)sc6ccccc67)nc(-c6cccc7oc8ccccc8c67)n5)c4c3c2)cc(-c2cccc3c2C2(c4ccccc4-c4ccccc42)c2ccccc2-3)c1. The molecule has 0 atom stereocenters. The van der Waals surface area contributed by atoms with Gasteiger partial charge in [-0.05, 0) is 115 Å². The summed E-state index contributed by atoms with van der Waals surface area (Å²) in [7, 11) is 0. The maximum Gasteiger partial charge on any atom is 0.164 e. The van der Waals surface area contributed by atoms with Crippen LogP contribution in [0.2, 0.25) is 0 Å². The number of thiophene rings is 1. The zero-order valence-corrected chi connectivity index (χ0v) is 41.4. The van der Waals surface area contributed by atoms with Crippen molar-refractivity contribution in [3.8, 4) is 78.7 Å². The fourth-order valence-electron chi connectivity index (χ4n) is 13.0. The van der Waals surface area contributed by atoms with Crippen molar-refractivity contribution in [1.82, 2.24) is 15.0 Å². The lowest BCUT2D eigenvalue weighted by Gasteiger charge is -2.32. The normalized spacial score (nSPS) is 13.1. The van der Waals surface area contributed by atoms with Crippen molar-refractivity contribution in [3.63, 3.8) is 0 Å². The highest BCUT2D eigenvalue weighted by atomic mass is 32.1. The van der Waals surface area contributed by atoms with Gasteiger partial charge in [-0.3, -0.25) is 0 Å². The summed E-state index contributed by atoms with van der Waals surface area (Å²) in [5.74, 6) is 1.72. The van der Waals surface area contributed by atoms with Crippen molar-refractivity contribution in [3.05, 3.63) is 259 Å². The number of furan rings is 2. The van der Waals surface area contributed by atoms with Gasteiger partial charge in [-0.25, -0.2) is 15.0 Å². The topological polar surface area (TPSA) is 65.0 Å². The lowest BCUT2D eigenvalue weighted by Crippen LogP contribution is -2.26. The summed E-state index contributed by atoms with van der Waals surface area (Å²) in [6, 6.07) is 85.1. The third-order valence-corrected chi connectivity index (χ3v) is 17.3. The number of para-hydroxylation sites is 1. The van der Waals surface area contributed by atoms with Crippen LogP contribution in [-0.2, 0) is 5.41 Å². The molecule has 1 spiro atoms. The van der Waals surface area contributed by atoms with Crippen LogP contribution < -0.4 is 0 Å². The van der Waals surface area contributed by atoms with Crippen molar-refractivity contribution in [2.24, 2.45) is 0 Å². The summed E-state index contributed by atoms with van der Waals surface area (Å²) >= 11 is 1.79. The predicted octanol–water partition coefficient (Wildman–Crippen LogP) is 18.7. The van der Waals surface area contributed by atoms with E-state index in [-0.39, 0.29) is 0 Å². The molecule has 17 rings (SSSR count). The third kappa shape index (κ3) is 5.76. The molecule has 0 N–H and O–H groups in total. The van der Waals surface area contributed by atoms with E-state index < -0.39 is 5.41 Å². The van der Waals surface area contributed by atoms with Crippen LogP contribution in [0, 0.1) is 0 Å². The second-order valence-electron chi connectivity index (χ2n) is 20.1. The number of aromatic nitrogens is 3. The molecule has 0 radical (unpaired) electrons. The fraction of sp³-hybridized carbons (Fsp3) is 0.0143. The van der Waals surface area contributed by atoms with Gasteiger partial charge in [0.05, 0.1) is 5.41 Å². The zero-order valence-electron chi connectivity index (χ0n) is 40.6. The highest BCUT2D eigenvalue weighted by Gasteiger charge is 2.52. The minimum Gasteiger partial charge on any atom is -0.456 e. The van der Waals surface area contributed by atoms with E-state index in [4.69, 9.17) is 23.8 Å². The molecule has 4 heterocycles. The molecule has 15 aromatic rings. The Bertz CT molecular complexity index is 4920. The van der Waals surface area contributed by atoms with E-state index in [1.807, 2.05) is 42.5 Å². The molecular formula is C70H39N3O2S. The first-order chi connectivity index (χ1) is 37.7. The molecule has 2 aliphatic rings. The summed E-state index contributed by atoms with van der Waals surface area (Å²) < 4.78 is 15.5. The lowest BCUT2D eigenvalue weighted by molar-refractivity contribution is 0.668. The van der Waals surface area contributed by atoms with Gasteiger partial charge in [0.2, 0.25) is 0 Å². The molecule has 4 aromatic heterocycles. The molecule has 0 bridgehead atoms. The second kappa shape index (κ2) is 15.6. The number of hydrogen-bond donors (Lipinski definition) is 0. The number of nitrogens with zero attached hydrogens (tertiary/aromatic N) is 3. The van der Waals surface area contributed by atoms with Gasteiger partial charge >= 0.3 is 0 Å². The van der Waals surface area contributed by atoms with Crippen molar-refractivity contribution >= 4 is 75.4 Å². The Morgan fingerprint density at radius 3 is 1.51 bits per heavy atom. The van der Waals surface area contributed by atoms with Crippen molar-refractivity contribution in [2.75, 3.05) is 0 Å². The van der Waals surface area contributed by atoms with Crippen LogP contribution >= 0.6 is 11.3 Å². The zero-order chi connectivity index (χ0) is 49.6. The van der Waals surface area contributed by atoms with Crippen LogP contribution in [-0.4, -0.2) is 15.0 Å². The summed E-state index contributed by atoms with van der Waals surface area (Å²) in [5.41, 5.74) is 20.4. The van der Waals surface area contributed by atoms with Crippen LogP contribution in [0.25, 0.3) is 143 Å². The largest absolute Gasteiger partial charge is 0.456 e. The Morgan fingerprint density at radius 2 is 0.776 bits per heavy atom. The first kappa shape index (κ1) is 41.7. The molecule has 352 valence electrons. The Balaban J connectivity index is 0.843. The molecule has 5 nitrogen and oxygen atoms in total. The highest BCUT2D eigenvalue weighted by molar-refractivity contribution is 7.25. The molecule has 76 heavy (non-hydrogen) atoms. The maximum absolute atomic E-state index is 6.71. The van der Waals surface area contributed by atoms with Crippen LogP contribution in [0.3, 0.4) is 0 Å². The van der Waals surface area contributed by atoms with E-state index in [0.29, 0.717) is 17.5 Å². The third-order valence-electron chi connectivity index (χ3n) is 16.2. The minimum absolute atomic E-state index is 0.463. The molecule has 0 fully saturated rings. The second-order valence-corrected chi connectivity index (χ2v) is 21.2. The number of benzene rings is 11. The van der Waals surface area contributed by atoms with Gasteiger partial charge in [0, 0.05) is 58.4 Å². The Hall–Kier alpha value is -9.75. The molecule has 0 saturated carbocycles. The number of fused-ring (bicyclic) bond motifs is 19. The minimum atomic E-state index is -0.463. The standard InChI is InChI=1S/C70H39N3O2S/c1-6-26-55-45(17-1)46-18-2-7-27-56(46)70(55)57-28-8-3-19-47(57)50-23-12-22-44(66(50)70)42-16-11-15-40(37-42)41-34-36-59-54(38-41)65-53(25-14-31-61(65)75-59)69-72-67(43-33-35-49-48-20-5-10-32-62(48)76-63(49)39-43)71-68(73-69)52-24-13-30-60-64(52)51-21-4-9-29-58(51)74-60/h1-39H. The average molecular weight is 986 g/mol. The first-order valence-electron chi connectivity index (χ1n) is 25.7.